The number of aromatic amines is 1. The fraction of sp³-hybridized carbons (Fsp3) is 0.314. The molecule has 0 fully saturated rings. The number of para-hydroxylation sites is 1. The van der Waals surface area contributed by atoms with E-state index in [-0.39, 0.29) is 30.9 Å². The van der Waals surface area contributed by atoms with Gasteiger partial charge in [0.1, 0.15) is 23.9 Å². The molecule has 11 nitrogen and oxygen atoms in total. The van der Waals surface area contributed by atoms with Crippen LogP contribution in [0.1, 0.15) is 37.0 Å². The van der Waals surface area contributed by atoms with Crippen LogP contribution in [0, 0.1) is 5.92 Å². The topological polar surface area (TPSA) is 187 Å². The second kappa shape index (κ2) is 15.7. The number of rotatable bonds is 15. The maximum atomic E-state index is 13.8. The van der Waals surface area contributed by atoms with E-state index >= 15 is 0 Å². The number of H-pyrrole nitrogens is 1. The van der Waals surface area contributed by atoms with E-state index in [0.29, 0.717) is 17.5 Å². The normalized spacial score (nSPS) is 14.4. The molecule has 0 radical (unpaired) electrons. The zero-order valence-electron chi connectivity index (χ0n) is 25.9. The van der Waals surface area contributed by atoms with Crippen molar-refractivity contribution in [2.24, 2.45) is 11.7 Å². The second-order valence-corrected chi connectivity index (χ2v) is 11.6. The number of nitrogens with one attached hydrogen (secondary N) is 4. The highest BCUT2D eigenvalue weighted by molar-refractivity contribution is 5.94. The molecule has 0 bridgehead atoms. The maximum absolute atomic E-state index is 13.8. The third-order valence-corrected chi connectivity index (χ3v) is 8.20. The lowest BCUT2D eigenvalue weighted by Gasteiger charge is -2.26. The molecule has 0 aliphatic rings. The molecule has 3 amide bonds. The number of aromatic hydroxyl groups is 1. The lowest BCUT2D eigenvalue weighted by molar-refractivity contribution is -0.142. The molecule has 0 aliphatic carbocycles. The predicted molar refractivity (Wildman–Crippen MR) is 175 cm³/mol. The van der Waals surface area contributed by atoms with Crippen molar-refractivity contribution >= 4 is 34.6 Å². The van der Waals surface area contributed by atoms with E-state index in [1.54, 1.807) is 18.3 Å². The number of aliphatic carboxylic acids is 1. The Labute approximate surface area is 267 Å². The summed E-state index contributed by atoms with van der Waals surface area (Å²) in [5.41, 5.74) is 9.11. The molecule has 0 aliphatic heterocycles. The van der Waals surface area contributed by atoms with Crippen LogP contribution in [0.15, 0.2) is 85.1 Å². The Morgan fingerprint density at radius 3 is 1.89 bits per heavy atom. The summed E-state index contributed by atoms with van der Waals surface area (Å²) < 4.78 is 0. The summed E-state index contributed by atoms with van der Waals surface area (Å²) in [6, 6.07) is 18.3. The number of aromatic nitrogens is 1. The minimum Gasteiger partial charge on any atom is -0.508 e. The summed E-state index contributed by atoms with van der Waals surface area (Å²) in [6.07, 6.45) is 2.52. The Bertz CT molecular complexity index is 1640. The lowest BCUT2D eigenvalue weighted by Crippen LogP contribution is -2.58. The van der Waals surface area contributed by atoms with Gasteiger partial charge in [0.15, 0.2) is 0 Å². The highest BCUT2D eigenvalue weighted by Crippen LogP contribution is 2.20. The van der Waals surface area contributed by atoms with Crippen LogP contribution in [0.3, 0.4) is 0 Å². The van der Waals surface area contributed by atoms with Crippen molar-refractivity contribution in [1.29, 1.82) is 0 Å². The molecule has 5 atom stereocenters. The summed E-state index contributed by atoms with van der Waals surface area (Å²) in [5, 5.41) is 28.8. The molecule has 4 aromatic rings. The molecular weight excluding hydrogens is 586 g/mol. The van der Waals surface area contributed by atoms with E-state index < -0.39 is 47.9 Å². The number of nitrogens with two attached hydrogens (primary N) is 1. The molecular formula is C35H41N5O6. The van der Waals surface area contributed by atoms with Crippen LogP contribution in [0.4, 0.5) is 0 Å². The Morgan fingerprint density at radius 2 is 1.28 bits per heavy atom. The molecule has 242 valence electrons. The number of carbonyl (C=O) groups excluding carboxylic acids is 3. The molecule has 5 unspecified atom stereocenters. The van der Waals surface area contributed by atoms with Crippen LogP contribution in [0.5, 0.6) is 5.75 Å². The number of amides is 3. The summed E-state index contributed by atoms with van der Waals surface area (Å²) >= 11 is 0. The average Bonchev–Trinajstić information content (AvgIpc) is 3.46. The van der Waals surface area contributed by atoms with Crippen LogP contribution in [0.25, 0.3) is 10.9 Å². The highest BCUT2D eigenvalue weighted by atomic mass is 16.4. The Balaban J connectivity index is 1.58. The fourth-order valence-corrected chi connectivity index (χ4v) is 5.18. The van der Waals surface area contributed by atoms with E-state index in [9.17, 15) is 29.4 Å². The zero-order valence-corrected chi connectivity index (χ0v) is 25.9. The molecule has 3 aromatic carbocycles. The number of hydrogen-bond donors (Lipinski definition) is 7. The van der Waals surface area contributed by atoms with Gasteiger partial charge in [0, 0.05) is 36.4 Å². The molecule has 0 saturated heterocycles. The van der Waals surface area contributed by atoms with Gasteiger partial charge in [0.25, 0.3) is 0 Å². The lowest BCUT2D eigenvalue weighted by atomic mass is 9.98. The summed E-state index contributed by atoms with van der Waals surface area (Å²) in [7, 11) is 0. The number of fused-ring (bicyclic) bond motifs is 1. The van der Waals surface area contributed by atoms with Crippen LogP contribution < -0.4 is 21.7 Å². The number of benzene rings is 3. The van der Waals surface area contributed by atoms with E-state index in [0.717, 1.165) is 16.5 Å². The zero-order chi connectivity index (χ0) is 33.2. The Kier molecular flexibility index (Phi) is 11.5. The van der Waals surface area contributed by atoms with Crippen LogP contribution in [-0.4, -0.2) is 63.1 Å². The van der Waals surface area contributed by atoms with Crippen LogP contribution in [0.2, 0.25) is 0 Å². The number of carboxylic acids is 1. The number of phenols is 1. The second-order valence-electron chi connectivity index (χ2n) is 11.6. The Morgan fingerprint density at radius 1 is 0.739 bits per heavy atom. The summed E-state index contributed by atoms with van der Waals surface area (Å²) in [4.78, 5) is 56.1. The number of carboxylic acid groups (broad SMARTS) is 1. The molecule has 8 N–H and O–H groups in total. The highest BCUT2D eigenvalue weighted by Gasteiger charge is 2.32. The van der Waals surface area contributed by atoms with Gasteiger partial charge in [-0.05, 0) is 40.8 Å². The first-order valence-corrected chi connectivity index (χ1v) is 15.3. The first-order valence-electron chi connectivity index (χ1n) is 15.3. The standard InChI is InChI=1S/C35H41N5O6/c1-3-21(2)31(36)34(44)39-29(17-22-9-5-4-6-10-22)32(42)38-28(18-23-13-15-25(41)16-14-23)33(43)40-30(35(45)46)19-24-20-37-27-12-8-7-11-26(24)27/h4-16,20-21,28-31,37,41H,3,17-19,36H2,1-2H3,(H,38,42)(H,39,44)(H,40,43)(H,45,46). The van der Waals surface area contributed by atoms with Gasteiger partial charge >= 0.3 is 5.97 Å². The van der Waals surface area contributed by atoms with Crippen molar-refractivity contribution in [1.82, 2.24) is 20.9 Å². The van der Waals surface area contributed by atoms with Gasteiger partial charge in [0.2, 0.25) is 17.7 Å². The summed E-state index contributed by atoms with van der Waals surface area (Å²) in [5.74, 6) is -3.16. The van der Waals surface area contributed by atoms with Crippen LogP contribution >= 0.6 is 0 Å². The number of phenolic OH excluding ortho intramolecular Hbond substituents is 1. The molecule has 4 rings (SSSR count). The SMILES string of the molecule is CCC(C)C(N)C(=O)NC(Cc1ccccc1)C(=O)NC(Cc1ccc(O)cc1)C(=O)NC(Cc1c[nH]c2ccccc12)C(=O)O. The molecule has 1 heterocycles. The molecule has 46 heavy (non-hydrogen) atoms. The third-order valence-electron chi connectivity index (χ3n) is 8.20. The monoisotopic (exact) mass is 627 g/mol. The van der Waals surface area contributed by atoms with E-state index in [2.05, 4.69) is 20.9 Å². The first kappa shape index (κ1) is 33.7. The quantitative estimate of drug-likeness (QED) is 0.106. The van der Waals surface area contributed by atoms with Gasteiger partial charge in [-0.1, -0.05) is 80.9 Å². The number of hydrogen-bond acceptors (Lipinski definition) is 6. The summed E-state index contributed by atoms with van der Waals surface area (Å²) in [6.45, 7) is 3.77. The van der Waals surface area contributed by atoms with Crippen molar-refractivity contribution < 1.29 is 29.4 Å². The van der Waals surface area contributed by atoms with Crippen LogP contribution in [-0.2, 0) is 38.4 Å². The van der Waals surface area contributed by atoms with Gasteiger partial charge in [-0.25, -0.2) is 4.79 Å². The van der Waals surface area contributed by atoms with Gasteiger partial charge < -0.3 is 36.9 Å². The van der Waals surface area contributed by atoms with Crippen molar-refractivity contribution in [3.8, 4) is 5.75 Å². The van der Waals surface area contributed by atoms with Crippen molar-refractivity contribution in [2.45, 2.75) is 63.7 Å². The van der Waals surface area contributed by atoms with Crippen molar-refractivity contribution in [2.75, 3.05) is 0 Å². The fourth-order valence-electron chi connectivity index (χ4n) is 5.18. The minimum atomic E-state index is -1.29. The van der Waals surface area contributed by atoms with E-state index in [4.69, 9.17) is 5.73 Å². The predicted octanol–water partition coefficient (Wildman–Crippen LogP) is 2.81. The van der Waals surface area contributed by atoms with Crippen molar-refractivity contribution in [3.63, 3.8) is 0 Å². The maximum Gasteiger partial charge on any atom is 0.326 e. The van der Waals surface area contributed by atoms with Gasteiger partial charge in [-0.15, -0.1) is 0 Å². The average molecular weight is 628 g/mol. The van der Waals surface area contributed by atoms with E-state index in [1.165, 1.54) is 12.1 Å². The van der Waals surface area contributed by atoms with Gasteiger partial charge in [0.05, 0.1) is 6.04 Å². The molecule has 0 saturated carbocycles. The molecule has 11 heteroatoms. The van der Waals surface area contributed by atoms with Gasteiger partial charge in [-0.3, -0.25) is 14.4 Å². The van der Waals surface area contributed by atoms with E-state index in [1.807, 2.05) is 68.4 Å². The first-order chi connectivity index (χ1) is 22.0. The third kappa shape index (κ3) is 8.95. The minimum absolute atomic E-state index is 0.00430. The number of carbonyl (C=O) groups is 4. The molecule has 1 aromatic heterocycles. The molecule has 0 spiro atoms. The Hall–Kier alpha value is -5.16. The van der Waals surface area contributed by atoms with Crippen molar-refractivity contribution in [3.05, 3.63) is 102 Å². The largest absolute Gasteiger partial charge is 0.508 e. The smallest absolute Gasteiger partial charge is 0.326 e. The van der Waals surface area contributed by atoms with Gasteiger partial charge in [-0.2, -0.15) is 0 Å².